The quantitative estimate of drug-likeness (QED) is 0.586. The van der Waals surface area contributed by atoms with E-state index in [-0.39, 0.29) is 13.1 Å². The van der Waals surface area contributed by atoms with Crippen molar-refractivity contribution >= 4 is 29.3 Å². The Kier molecular flexibility index (Phi) is 6.33. The molecule has 0 saturated heterocycles. The number of nitrogens with two attached hydrogens (primary N) is 3. The summed E-state index contributed by atoms with van der Waals surface area (Å²) in [7, 11) is 0. The van der Waals surface area contributed by atoms with Crippen molar-refractivity contribution in [1.82, 2.24) is 0 Å². The molecule has 0 heterocycles. The van der Waals surface area contributed by atoms with Crippen molar-refractivity contribution in [2.45, 2.75) is 18.4 Å². The van der Waals surface area contributed by atoms with Gasteiger partial charge in [-0.15, -0.1) is 11.8 Å². The van der Waals surface area contributed by atoms with Crippen molar-refractivity contribution in [2.75, 3.05) is 23.7 Å². The van der Waals surface area contributed by atoms with Crippen LogP contribution in [0.15, 0.2) is 23.1 Å². The van der Waals surface area contributed by atoms with Crippen LogP contribution >= 0.6 is 11.8 Å². The topological polar surface area (TPSA) is 115 Å². The van der Waals surface area contributed by atoms with Crippen molar-refractivity contribution in [1.29, 1.82) is 0 Å². The summed E-state index contributed by atoms with van der Waals surface area (Å²) >= 11 is 1.66. The third-order valence-corrected chi connectivity index (χ3v) is 3.63. The predicted octanol–water partition coefficient (Wildman–Crippen LogP) is 0.0343. The number of carbonyl (C=O) groups excluding carboxylic acids is 2. The van der Waals surface area contributed by atoms with Gasteiger partial charge in [-0.2, -0.15) is 0 Å². The van der Waals surface area contributed by atoms with Crippen LogP contribution in [0.3, 0.4) is 0 Å². The lowest BCUT2D eigenvalue weighted by Gasteiger charge is -2.25. The highest BCUT2D eigenvalue weighted by molar-refractivity contribution is 7.99. The first-order valence-electron chi connectivity index (χ1n) is 6.25. The maximum absolute atomic E-state index is 11.2. The molecule has 2 amide bonds. The highest BCUT2D eigenvalue weighted by Crippen LogP contribution is 2.30. The molecule has 0 radical (unpaired) electrons. The lowest BCUT2D eigenvalue weighted by Crippen LogP contribution is -2.40. The molecule has 1 aromatic rings. The predicted molar refractivity (Wildman–Crippen MR) is 81.3 cm³/mol. The van der Waals surface area contributed by atoms with Gasteiger partial charge in [-0.1, -0.05) is 13.0 Å². The molecule has 20 heavy (non-hydrogen) atoms. The Morgan fingerprint density at radius 3 is 2.25 bits per heavy atom. The minimum Gasteiger partial charge on any atom is -0.368 e. The van der Waals surface area contributed by atoms with Crippen molar-refractivity contribution < 1.29 is 9.59 Å². The van der Waals surface area contributed by atoms with E-state index in [1.165, 1.54) is 0 Å². The van der Waals surface area contributed by atoms with Crippen LogP contribution in [-0.4, -0.2) is 30.7 Å². The molecule has 6 N–H and O–H groups in total. The first kappa shape index (κ1) is 16.3. The van der Waals surface area contributed by atoms with Gasteiger partial charge in [-0.3, -0.25) is 9.59 Å². The summed E-state index contributed by atoms with van der Waals surface area (Å²) in [6.45, 7) is 2.21. The van der Waals surface area contributed by atoms with E-state index >= 15 is 0 Å². The molecule has 0 atom stereocenters. The molecule has 0 aliphatic rings. The van der Waals surface area contributed by atoms with E-state index in [1.807, 2.05) is 25.1 Å². The van der Waals surface area contributed by atoms with E-state index in [1.54, 1.807) is 16.7 Å². The normalized spacial score (nSPS) is 10.3. The summed E-state index contributed by atoms with van der Waals surface area (Å²) in [5.74, 6) is -0.146. The highest BCUT2D eigenvalue weighted by atomic mass is 32.2. The van der Waals surface area contributed by atoms with Crippen LogP contribution in [0.4, 0.5) is 5.69 Å². The molecule has 7 heteroatoms. The van der Waals surface area contributed by atoms with E-state index in [2.05, 4.69) is 0 Å². The van der Waals surface area contributed by atoms with E-state index in [4.69, 9.17) is 17.2 Å². The van der Waals surface area contributed by atoms with Crippen molar-refractivity contribution in [2.24, 2.45) is 17.2 Å². The second-order valence-electron chi connectivity index (χ2n) is 4.18. The van der Waals surface area contributed by atoms with Crippen LogP contribution in [0.5, 0.6) is 0 Å². The van der Waals surface area contributed by atoms with Gasteiger partial charge in [-0.05, 0) is 17.9 Å². The van der Waals surface area contributed by atoms with Gasteiger partial charge < -0.3 is 22.1 Å². The summed E-state index contributed by atoms with van der Waals surface area (Å²) in [4.78, 5) is 24.9. The highest BCUT2D eigenvalue weighted by Gasteiger charge is 2.17. The number of rotatable bonds is 8. The zero-order valence-corrected chi connectivity index (χ0v) is 12.3. The monoisotopic (exact) mass is 296 g/mol. The molecule has 0 aliphatic heterocycles. The minimum absolute atomic E-state index is 0.0732. The first-order chi connectivity index (χ1) is 9.49. The van der Waals surface area contributed by atoms with Crippen molar-refractivity contribution in [3.8, 4) is 0 Å². The van der Waals surface area contributed by atoms with Crippen LogP contribution in [0.2, 0.25) is 0 Å². The Morgan fingerprint density at radius 2 is 1.80 bits per heavy atom. The molecule has 1 aromatic carbocycles. The average molecular weight is 296 g/mol. The minimum atomic E-state index is -0.525. The molecule has 0 bridgehead atoms. The summed E-state index contributed by atoms with van der Waals surface area (Å²) in [5, 5.41) is 0. The molecule has 0 aromatic heterocycles. The summed E-state index contributed by atoms with van der Waals surface area (Å²) in [6.07, 6.45) is 0. The van der Waals surface area contributed by atoms with Gasteiger partial charge in [0.1, 0.15) is 0 Å². The SMILES string of the molecule is CCSc1cccc(N(CC(N)=O)CC(N)=O)c1CN. The van der Waals surface area contributed by atoms with Crippen molar-refractivity contribution in [3.05, 3.63) is 23.8 Å². The lowest BCUT2D eigenvalue weighted by atomic mass is 10.1. The van der Waals surface area contributed by atoms with Crippen LogP contribution < -0.4 is 22.1 Å². The van der Waals surface area contributed by atoms with E-state index in [0.717, 1.165) is 21.9 Å². The molecule has 0 unspecified atom stereocenters. The number of hydrogen-bond donors (Lipinski definition) is 3. The molecule has 0 saturated carbocycles. The Balaban J connectivity index is 3.20. The fraction of sp³-hybridized carbons (Fsp3) is 0.385. The summed E-state index contributed by atoms with van der Waals surface area (Å²) < 4.78 is 0. The molecule has 0 spiro atoms. The van der Waals surface area contributed by atoms with Gasteiger partial charge in [0.2, 0.25) is 11.8 Å². The number of primary amides is 2. The smallest absolute Gasteiger partial charge is 0.236 e. The standard InChI is InChI=1S/C13H20N4O2S/c1-2-20-11-5-3-4-10(9(11)6-14)17(7-12(15)18)8-13(16)19/h3-5H,2,6-8,14H2,1H3,(H2,15,18)(H2,16,19). The van der Waals surface area contributed by atoms with Crippen molar-refractivity contribution in [3.63, 3.8) is 0 Å². The molecule has 1 rings (SSSR count). The van der Waals surface area contributed by atoms with Crippen LogP contribution in [0.1, 0.15) is 12.5 Å². The average Bonchev–Trinajstić information content (AvgIpc) is 2.37. The number of carbonyl (C=O) groups is 2. The van der Waals surface area contributed by atoms with Gasteiger partial charge in [-0.25, -0.2) is 0 Å². The number of benzene rings is 1. The number of amides is 2. The van der Waals surface area contributed by atoms with E-state index in [0.29, 0.717) is 6.54 Å². The summed E-state index contributed by atoms with van der Waals surface area (Å²) in [5.41, 5.74) is 17.9. The third-order valence-electron chi connectivity index (χ3n) is 2.65. The van der Waals surface area contributed by atoms with E-state index in [9.17, 15) is 9.59 Å². The number of hydrogen-bond acceptors (Lipinski definition) is 5. The van der Waals surface area contributed by atoms with Crippen LogP contribution in [-0.2, 0) is 16.1 Å². The van der Waals surface area contributed by atoms with E-state index < -0.39 is 11.8 Å². The molecule has 0 fully saturated rings. The maximum atomic E-state index is 11.2. The lowest BCUT2D eigenvalue weighted by molar-refractivity contribution is -0.117. The molecule has 110 valence electrons. The van der Waals surface area contributed by atoms with Gasteiger partial charge in [0.25, 0.3) is 0 Å². The fourth-order valence-electron chi connectivity index (χ4n) is 1.95. The second kappa shape index (κ2) is 7.76. The van der Waals surface area contributed by atoms with Gasteiger partial charge in [0.15, 0.2) is 0 Å². The van der Waals surface area contributed by atoms with Gasteiger partial charge in [0.05, 0.1) is 13.1 Å². The molecule has 6 nitrogen and oxygen atoms in total. The Bertz CT molecular complexity index is 477. The fourth-order valence-corrected chi connectivity index (χ4v) is 2.80. The number of thioether (sulfide) groups is 1. The summed E-state index contributed by atoms with van der Waals surface area (Å²) in [6, 6.07) is 5.64. The zero-order chi connectivity index (χ0) is 15.1. The maximum Gasteiger partial charge on any atom is 0.236 e. The van der Waals surface area contributed by atoms with Gasteiger partial charge in [0, 0.05) is 22.7 Å². The largest absolute Gasteiger partial charge is 0.368 e. The Hall–Kier alpha value is -1.73. The number of nitrogens with zero attached hydrogens (tertiary/aromatic N) is 1. The van der Waals surface area contributed by atoms with Gasteiger partial charge >= 0.3 is 0 Å². The Labute approximate surface area is 122 Å². The third kappa shape index (κ3) is 4.43. The molecule has 0 aliphatic carbocycles. The second-order valence-corrected chi connectivity index (χ2v) is 5.49. The molecular weight excluding hydrogens is 276 g/mol. The molecular formula is C13H20N4O2S. The number of anilines is 1. The van der Waals surface area contributed by atoms with Crippen LogP contribution in [0.25, 0.3) is 0 Å². The Morgan fingerprint density at radius 1 is 1.20 bits per heavy atom. The van der Waals surface area contributed by atoms with Crippen LogP contribution in [0, 0.1) is 0 Å². The first-order valence-corrected chi connectivity index (χ1v) is 7.24. The zero-order valence-electron chi connectivity index (χ0n) is 11.5.